The van der Waals surface area contributed by atoms with Gasteiger partial charge in [0.15, 0.2) is 0 Å². The van der Waals surface area contributed by atoms with E-state index >= 15 is 0 Å². The Morgan fingerprint density at radius 2 is 1.81 bits per heavy atom. The molecule has 2 aromatic carbocycles. The molecule has 5 rings (SSSR count). The Morgan fingerprint density at radius 1 is 1.12 bits per heavy atom. The number of nitrogens with two attached hydrogens (primary N) is 1. The summed E-state index contributed by atoms with van der Waals surface area (Å²) in [5, 5.41) is 2.29. The van der Waals surface area contributed by atoms with Crippen LogP contribution in [0.15, 0.2) is 53.5 Å². The Hall–Kier alpha value is -2.17. The van der Waals surface area contributed by atoms with E-state index in [9.17, 15) is 9.18 Å². The highest BCUT2D eigenvalue weighted by atomic mass is 35.5. The number of benzene rings is 2. The molecule has 0 amide bonds. The standard InChI is InChI=1S/C27H30ClFN2O/c1-26(2,30)27(18-3-5-19(29)6-4-18)10-7-16(8-11-27)20-14-22(20)23-13-17-9-12-31-25(32)21(17)15-24(23)28/h3-6,9,12-13,15-16,20,22H,7-8,10-11,14,30H2,1-2H3,(H,31,32). The summed E-state index contributed by atoms with van der Waals surface area (Å²) in [6.07, 6.45) is 7.09. The molecule has 0 saturated heterocycles. The van der Waals surface area contributed by atoms with Gasteiger partial charge in [0.1, 0.15) is 5.82 Å². The summed E-state index contributed by atoms with van der Waals surface area (Å²) in [7, 11) is 0. The van der Waals surface area contributed by atoms with Gasteiger partial charge in [-0.25, -0.2) is 4.39 Å². The molecule has 5 heteroatoms. The molecule has 2 saturated carbocycles. The van der Waals surface area contributed by atoms with Crippen LogP contribution in [0.3, 0.4) is 0 Å². The Balaban J connectivity index is 1.35. The molecule has 0 spiro atoms. The smallest absolute Gasteiger partial charge is 0.255 e. The van der Waals surface area contributed by atoms with Crippen molar-refractivity contribution >= 4 is 22.4 Å². The molecule has 3 aromatic rings. The normalized spacial score (nSPS) is 28.1. The lowest BCUT2D eigenvalue weighted by Gasteiger charge is -2.49. The van der Waals surface area contributed by atoms with E-state index < -0.39 is 0 Å². The summed E-state index contributed by atoms with van der Waals surface area (Å²) in [6, 6.07) is 12.8. The van der Waals surface area contributed by atoms with Crippen molar-refractivity contribution in [2.24, 2.45) is 17.6 Å². The maximum Gasteiger partial charge on any atom is 0.255 e. The lowest BCUT2D eigenvalue weighted by Crippen LogP contribution is -2.55. The van der Waals surface area contributed by atoms with Gasteiger partial charge in [0, 0.05) is 27.6 Å². The number of aromatic nitrogens is 1. The van der Waals surface area contributed by atoms with E-state index in [1.807, 2.05) is 24.3 Å². The molecule has 1 heterocycles. The molecular weight excluding hydrogens is 423 g/mol. The number of hydrogen-bond donors (Lipinski definition) is 2. The Bertz CT molecular complexity index is 1200. The molecule has 2 unspecified atom stereocenters. The zero-order valence-electron chi connectivity index (χ0n) is 18.6. The van der Waals surface area contributed by atoms with Gasteiger partial charge in [-0.3, -0.25) is 4.79 Å². The highest BCUT2D eigenvalue weighted by molar-refractivity contribution is 6.32. The molecule has 3 nitrogen and oxygen atoms in total. The van der Waals surface area contributed by atoms with E-state index in [4.69, 9.17) is 17.3 Å². The maximum absolute atomic E-state index is 13.5. The van der Waals surface area contributed by atoms with Crippen LogP contribution in [-0.4, -0.2) is 10.5 Å². The van der Waals surface area contributed by atoms with Crippen LogP contribution in [0, 0.1) is 17.7 Å². The van der Waals surface area contributed by atoms with Crippen molar-refractivity contribution in [2.75, 3.05) is 0 Å². The third kappa shape index (κ3) is 3.58. The molecule has 0 radical (unpaired) electrons. The quantitative estimate of drug-likeness (QED) is 0.488. The van der Waals surface area contributed by atoms with Crippen LogP contribution in [0.25, 0.3) is 10.8 Å². The molecule has 2 aliphatic rings. The van der Waals surface area contributed by atoms with Crippen molar-refractivity contribution in [3.63, 3.8) is 0 Å². The largest absolute Gasteiger partial charge is 0.329 e. The first kappa shape index (κ1) is 21.7. The molecule has 2 atom stereocenters. The van der Waals surface area contributed by atoms with Gasteiger partial charge in [-0.1, -0.05) is 23.7 Å². The zero-order chi connectivity index (χ0) is 22.7. The lowest BCUT2D eigenvalue weighted by atomic mass is 9.57. The Kier molecular flexibility index (Phi) is 5.22. The van der Waals surface area contributed by atoms with Crippen molar-refractivity contribution in [3.05, 3.63) is 81.0 Å². The average Bonchev–Trinajstić information content (AvgIpc) is 3.54. The van der Waals surface area contributed by atoms with E-state index in [0.29, 0.717) is 28.2 Å². The summed E-state index contributed by atoms with van der Waals surface area (Å²) in [5.41, 5.74) is 8.42. The number of pyridine rings is 1. The van der Waals surface area contributed by atoms with E-state index in [1.165, 1.54) is 5.56 Å². The molecule has 168 valence electrons. The Labute approximate surface area is 193 Å². The predicted octanol–water partition coefficient (Wildman–Crippen LogP) is 6.29. The van der Waals surface area contributed by atoms with Gasteiger partial charge in [0.25, 0.3) is 5.56 Å². The van der Waals surface area contributed by atoms with Crippen molar-refractivity contribution in [3.8, 4) is 0 Å². The van der Waals surface area contributed by atoms with E-state index in [1.54, 1.807) is 18.3 Å². The molecule has 0 bridgehead atoms. The second kappa shape index (κ2) is 7.71. The number of hydrogen-bond acceptors (Lipinski definition) is 2. The lowest BCUT2D eigenvalue weighted by molar-refractivity contribution is 0.139. The third-order valence-corrected chi connectivity index (χ3v) is 8.58. The van der Waals surface area contributed by atoms with Crippen LogP contribution in [0.1, 0.15) is 63.0 Å². The van der Waals surface area contributed by atoms with Crippen LogP contribution < -0.4 is 11.3 Å². The van der Waals surface area contributed by atoms with Crippen LogP contribution in [0.2, 0.25) is 5.02 Å². The third-order valence-electron chi connectivity index (χ3n) is 8.25. The SMILES string of the molecule is CC(C)(N)C1(c2ccc(F)cc2)CCC(C2CC2c2cc3cc[nH]c(=O)c3cc2Cl)CC1. The number of nitrogens with one attached hydrogen (secondary N) is 1. The van der Waals surface area contributed by atoms with Gasteiger partial charge in [0.05, 0.1) is 0 Å². The first-order valence-electron chi connectivity index (χ1n) is 11.6. The van der Waals surface area contributed by atoms with Gasteiger partial charge >= 0.3 is 0 Å². The minimum absolute atomic E-state index is 0.0999. The summed E-state index contributed by atoms with van der Waals surface area (Å²) >= 11 is 6.61. The monoisotopic (exact) mass is 452 g/mol. The number of rotatable bonds is 4. The molecule has 1 aromatic heterocycles. The molecule has 32 heavy (non-hydrogen) atoms. The Morgan fingerprint density at radius 3 is 2.47 bits per heavy atom. The topological polar surface area (TPSA) is 58.9 Å². The molecular formula is C27H30ClFN2O. The molecule has 0 aliphatic heterocycles. The van der Waals surface area contributed by atoms with E-state index in [0.717, 1.165) is 43.1 Å². The van der Waals surface area contributed by atoms with Crippen molar-refractivity contribution in [1.29, 1.82) is 0 Å². The second-order valence-corrected chi connectivity index (χ2v) is 10.8. The number of halogens is 2. The van der Waals surface area contributed by atoms with Gasteiger partial charge in [-0.15, -0.1) is 0 Å². The van der Waals surface area contributed by atoms with Gasteiger partial charge < -0.3 is 10.7 Å². The van der Waals surface area contributed by atoms with Gasteiger partial charge in [0.2, 0.25) is 0 Å². The highest BCUT2D eigenvalue weighted by Gasteiger charge is 2.51. The van der Waals surface area contributed by atoms with E-state index in [2.05, 4.69) is 24.9 Å². The first-order chi connectivity index (χ1) is 15.2. The predicted molar refractivity (Wildman–Crippen MR) is 129 cm³/mol. The van der Waals surface area contributed by atoms with Crippen molar-refractivity contribution in [2.45, 2.75) is 62.8 Å². The fourth-order valence-electron chi connectivity index (χ4n) is 6.24. The average molecular weight is 453 g/mol. The van der Waals surface area contributed by atoms with Crippen LogP contribution in [0.5, 0.6) is 0 Å². The number of aromatic amines is 1. The fourth-order valence-corrected chi connectivity index (χ4v) is 6.54. The van der Waals surface area contributed by atoms with Crippen LogP contribution in [0.4, 0.5) is 4.39 Å². The summed E-state index contributed by atoms with van der Waals surface area (Å²) in [6.45, 7) is 4.21. The van der Waals surface area contributed by atoms with Gasteiger partial charge in [-0.05, 0) is 111 Å². The minimum Gasteiger partial charge on any atom is -0.329 e. The van der Waals surface area contributed by atoms with Gasteiger partial charge in [-0.2, -0.15) is 0 Å². The van der Waals surface area contributed by atoms with E-state index in [-0.39, 0.29) is 22.3 Å². The van der Waals surface area contributed by atoms with Crippen molar-refractivity contribution < 1.29 is 4.39 Å². The minimum atomic E-state index is -0.381. The number of H-pyrrole nitrogens is 1. The first-order valence-corrected chi connectivity index (χ1v) is 11.9. The summed E-state index contributed by atoms with van der Waals surface area (Å²) in [5.74, 6) is 1.52. The summed E-state index contributed by atoms with van der Waals surface area (Å²) < 4.78 is 13.5. The highest BCUT2D eigenvalue weighted by Crippen LogP contribution is 2.59. The van der Waals surface area contributed by atoms with Crippen molar-refractivity contribution in [1.82, 2.24) is 4.98 Å². The van der Waals surface area contributed by atoms with Crippen LogP contribution in [-0.2, 0) is 5.41 Å². The second-order valence-electron chi connectivity index (χ2n) is 10.4. The molecule has 2 aliphatic carbocycles. The number of fused-ring (bicyclic) bond motifs is 1. The maximum atomic E-state index is 13.5. The fraction of sp³-hybridized carbons (Fsp3) is 0.444. The molecule has 3 N–H and O–H groups in total. The molecule has 2 fully saturated rings. The van der Waals surface area contributed by atoms with Crippen LogP contribution >= 0.6 is 11.6 Å². The summed E-state index contributed by atoms with van der Waals surface area (Å²) in [4.78, 5) is 14.8. The zero-order valence-corrected chi connectivity index (χ0v) is 19.4.